The number of sulfonamides is 1. The average Bonchev–Trinajstić information content (AvgIpc) is 2.77. The molecule has 1 unspecified atom stereocenters. The van der Waals surface area contributed by atoms with Crippen LogP contribution in [-0.4, -0.2) is 70.9 Å². The van der Waals surface area contributed by atoms with Gasteiger partial charge in [0.1, 0.15) is 24.2 Å². The summed E-state index contributed by atoms with van der Waals surface area (Å²) in [6, 6.07) is 7.07. The number of ether oxygens (including phenoxy) is 4. The van der Waals surface area contributed by atoms with Crippen LogP contribution in [-0.2, 0) is 29.1 Å². The molecule has 0 heterocycles. The predicted octanol–water partition coefficient (Wildman–Crippen LogP) is 2.39. The van der Waals surface area contributed by atoms with E-state index in [4.69, 9.17) is 14.2 Å². The Morgan fingerprint density at radius 3 is 2.48 bits per heavy atom. The Morgan fingerprint density at radius 1 is 1.12 bits per heavy atom. The van der Waals surface area contributed by atoms with Crippen molar-refractivity contribution in [1.82, 2.24) is 4.31 Å². The molecule has 0 saturated heterocycles. The molecule has 9 nitrogen and oxygen atoms in total. The number of hydrogen-bond acceptors (Lipinski definition) is 8. The van der Waals surface area contributed by atoms with Crippen LogP contribution in [0.1, 0.15) is 39.0 Å². The molecule has 184 valence electrons. The highest BCUT2D eigenvalue weighted by Crippen LogP contribution is 2.19. The maximum atomic E-state index is 12.1. The van der Waals surface area contributed by atoms with Gasteiger partial charge in [-0.05, 0) is 31.4 Å². The second-order valence-corrected chi connectivity index (χ2v) is 9.23. The molecule has 0 amide bonds. The summed E-state index contributed by atoms with van der Waals surface area (Å²) in [6.45, 7) is 1.73. The van der Waals surface area contributed by atoms with E-state index >= 15 is 0 Å². The van der Waals surface area contributed by atoms with Crippen LogP contribution in [0.5, 0.6) is 11.5 Å². The molecule has 0 aliphatic carbocycles. The van der Waals surface area contributed by atoms with Crippen LogP contribution < -0.4 is 9.47 Å². The minimum absolute atomic E-state index is 0.0512. The van der Waals surface area contributed by atoms with Gasteiger partial charge in [-0.15, -0.1) is 5.92 Å². The Kier molecular flexibility index (Phi) is 13.0. The molecular weight excluding hydrogens is 450 g/mol. The van der Waals surface area contributed by atoms with Crippen LogP contribution in [0.3, 0.4) is 0 Å². The molecular formula is C23H33NO8S. The zero-order chi connectivity index (χ0) is 24.7. The number of carbonyl (C=O) groups is 2. The molecule has 33 heavy (non-hydrogen) atoms. The minimum Gasteiger partial charge on any atom is -0.497 e. The molecule has 1 atom stereocenters. The van der Waals surface area contributed by atoms with E-state index < -0.39 is 22.1 Å². The van der Waals surface area contributed by atoms with Gasteiger partial charge in [0.2, 0.25) is 10.0 Å². The van der Waals surface area contributed by atoms with Gasteiger partial charge >= 0.3 is 11.9 Å². The summed E-state index contributed by atoms with van der Waals surface area (Å²) in [7, 11) is -0.570. The van der Waals surface area contributed by atoms with Gasteiger partial charge in [0.15, 0.2) is 0 Å². The van der Waals surface area contributed by atoms with Crippen LogP contribution in [0.25, 0.3) is 0 Å². The van der Waals surface area contributed by atoms with Crippen molar-refractivity contribution in [3.63, 3.8) is 0 Å². The summed E-state index contributed by atoms with van der Waals surface area (Å²) in [5, 5.41) is 0. The summed E-state index contributed by atoms with van der Waals surface area (Å²) in [5.41, 5.74) is 0. The van der Waals surface area contributed by atoms with Gasteiger partial charge in [0.05, 0.1) is 27.0 Å². The van der Waals surface area contributed by atoms with Gasteiger partial charge in [0.25, 0.3) is 0 Å². The Balaban J connectivity index is 2.57. The van der Waals surface area contributed by atoms with Crippen LogP contribution in [0.4, 0.5) is 0 Å². The van der Waals surface area contributed by atoms with Gasteiger partial charge < -0.3 is 18.9 Å². The van der Waals surface area contributed by atoms with E-state index in [9.17, 15) is 18.0 Å². The van der Waals surface area contributed by atoms with Crippen molar-refractivity contribution in [1.29, 1.82) is 0 Å². The largest absolute Gasteiger partial charge is 0.497 e. The third kappa shape index (κ3) is 12.7. The van der Waals surface area contributed by atoms with Crippen molar-refractivity contribution < 1.29 is 37.0 Å². The average molecular weight is 484 g/mol. The number of rotatable bonds is 14. The third-order valence-corrected chi connectivity index (χ3v) is 5.75. The zero-order valence-electron chi connectivity index (χ0n) is 19.7. The molecule has 0 aliphatic heterocycles. The molecule has 0 saturated carbocycles. The highest BCUT2D eigenvalue weighted by Gasteiger charge is 2.18. The Morgan fingerprint density at radius 2 is 1.85 bits per heavy atom. The zero-order valence-corrected chi connectivity index (χ0v) is 20.5. The van der Waals surface area contributed by atoms with Gasteiger partial charge in [-0.1, -0.05) is 12.0 Å². The maximum absolute atomic E-state index is 12.1. The maximum Gasteiger partial charge on any atom is 0.305 e. The quantitative estimate of drug-likeness (QED) is 0.225. The molecule has 0 spiro atoms. The summed E-state index contributed by atoms with van der Waals surface area (Å²) >= 11 is 0. The Bertz CT molecular complexity index is 920. The molecule has 0 aromatic heterocycles. The van der Waals surface area contributed by atoms with E-state index in [0.717, 1.165) is 6.26 Å². The van der Waals surface area contributed by atoms with Crippen LogP contribution in [0.15, 0.2) is 24.3 Å². The first-order valence-electron chi connectivity index (χ1n) is 10.6. The van der Waals surface area contributed by atoms with Crippen molar-refractivity contribution in [2.45, 2.75) is 45.1 Å². The highest BCUT2D eigenvalue weighted by atomic mass is 32.2. The highest BCUT2D eigenvalue weighted by molar-refractivity contribution is 7.88. The second-order valence-electron chi connectivity index (χ2n) is 7.24. The van der Waals surface area contributed by atoms with Crippen molar-refractivity contribution >= 4 is 22.0 Å². The number of esters is 2. The molecule has 0 N–H and O–H groups in total. The lowest BCUT2D eigenvalue weighted by Crippen LogP contribution is -2.32. The number of carbonyl (C=O) groups excluding carboxylic acids is 2. The summed E-state index contributed by atoms with van der Waals surface area (Å²) in [5.74, 6) is 6.20. The first-order chi connectivity index (χ1) is 15.7. The standard InChI is InChI=1S/C23H33NO8S/c1-19(25)32-22(18-31-21-12-9-11-20(17-21)29-2)13-10-16-24(33(4,27)28)15-8-6-5-7-14-23(26)30-3/h9,11-12,17,22H,5,7,10,13-16,18H2,1-4H3. The fraction of sp³-hybridized carbons (Fsp3) is 0.565. The van der Waals surface area contributed by atoms with E-state index in [-0.39, 0.29) is 32.1 Å². The van der Waals surface area contributed by atoms with Crippen molar-refractivity contribution in [2.24, 2.45) is 0 Å². The topological polar surface area (TPSA) is 108 Å². The fourth-order valence-electron chi connectivity index (χ4n) is 2.80. The molecule has 0 bridgehead atoms. The summed E-state index contributed by atoms with van der Waals surface area (Å²) < 4.78 is 46.2. The van der Waals surface area contributed by atoms with Gasteiger partial charge in [-0.25, -0.2) is 8.42 Å². The predicted molar refractivity (Wildman–Crippen MR) is 123 cm³/mol. The fourth-order valence-corrected chi connectivity index (χ4v) is 3.56. The van der Waals surface area contributed by atoms with Crippen LogP contribution in [0.2, 0.25) is 0 Å². The number of benzene rings is 1. The molecule has 0 fully saturated rings. The number of unbranched alkanes of at least 4 members (excludes halogenated alkanes) is 1. The van der Waals surface area contributed by atoms with Crippen molar-refractivity contribution in [2.75, 3.05) is 40.2 Å². The van der Waals surface area contributed by atoms with Crippen LogP contribution in [0, 0.1) is 11.8 Å². The lowest BCUT2D eigenvalue weighted by Gasteiger charge is -2.21. The minimum atomic E-state index is -3.46. The first kappa shape index (κ1) is 28.3. The Labute approximate surface area is 196 Å². The summed E-state index contributed by atoms with van der Waals surface area (Å²) in [6.07, 6.45) is 2.77. The first-order valence-corrected chi connectivity index (χ1v) is 12.4. The van der Waals surface area contributed by atoms with E-state index in [1.165, 1.54) is 18.3 Å². The Hall–Kier alpha value is -2.77. The number of hydrogen-bond donors (Lipinski definition) is 0. The monoisotopic (exact) mass is 483 g/mol. The number of nitrogens with zero attached hydrogens (tertiary/aromatic N) is 1. The van der Waals surface area contributed by atoms with Gasteiger partial charge in [-0.3, -0.25) is 9.59 Å². The van der Waals surface area contributed by atoms with E-state index in [0.29, 0.717) is 37.2 Å². The molecule has 1 rings (SSSR count). The van der Waals surface area contributed by atoms with Crippen molar-refractivity contribution in [3.8, 4) is 23.3 Å². The molecule has 0 radical (unpaired) electrons. The lowest BCUT2D eigenvalue weighted by atomic mass is 10.2. The smallest absolute Gasteiger partial charge is 0.305 e. The van der Waals surface area contributed by atoms with Crippen LogP contribution >= 0.6 is 0 Å². The molecule has 0 aliphatic rings. The van der Waals surface area contributed by atoms with Gasteiger partial charge in [-0.2, -0.15) is 4.31 Å². The SMILES string of the molecule is COC(=O)CCCC#CCN(CCCC(COc1cccc(OC)c1)OC(C)=O)S(C)(=O)=O. The second kappa shape index (κ2) is 15.1. The molecule has 10 heteroatoms. The van der Waals surface area contributed by atoms with Crippen molar-refractivity contribution in [3.05, 3.63) is 24.3 Å². The van der Waals surface area contributed by atoms with E-state index in [2.05, 4.69) is 16.6 Å². The molecule has 1 aromatic rings. The third-order valence-electron chi connectivity index (χ3n) is 4.50. The van der Waals surface area contributed by atoms with E-state index in [1.807, 2.05) is 0 Å². The lowest BCUT2D eigenvalue weighted by molar-refractivity contribution is -0.148. The molecule has 1 aromatic carbocycles. The van der Waals surface area contributed by atoms with Gasteiger partial charge in [0, 0.05) is 32.4 Å². The van der Waals surface area contributed by atoms with E-state index in [1.54, 1.807) is 31.4 Å². The number of methoxy groups -OCH3 is 2. The normalized spacial score (nSPS) is 11.8. The summed E-state index contributed by atoms with van der Waals surface area (Å²) in [4.78, 5) is 22.5.